The molecule has 27 heavy (non-hydrogen) atoms. The molecule has 0 saturated carbocycles. The fourth-order valence-electron chi connectivity index (χ4n) is 4.34. The lowest BCUT2D eigenvalue weighted by molar-refractivity contribution is -0.182. The minimum Gasteiger partial charge on any atom is -0.375 e. The van der Waals surface area contributed by atoms with Crippen LogP contribution in [0, 0.1) is 19.8 Å². The number of pyridine rings is 1. The van der Waals surface area contributed by atoms with Crippen molar-refractivity contribution in [2.24, 2.45) is 5.92 Å². The van der Waals surface area contributed by atoms with E-state index in [1.807, 2.05) is 38.2 Å². The van der Waals surface area contributed by atoms with Gasteiger partial charge in [0, 0.05) is 44.6 Å². The van der Waals surface area contributed by atoms with Crippen LogP contribution >= 0.6 is 0 Å². The zero-order chi connectivity index (χ0) is 18.7. The second-order valence-corrected chi connectivity index (χ2v) is 8.00. The van der Waals surface area contributed by atoms with E-state index in [9.17, 15) is 0 Å². The first kappa shape index (κ1) is 18.6. The van der Waals surface area contributed by atoms with Crippen LogP contribution in [0.2, 0.25) is 0 Å². The van der Waals surface area contributed by atoms with Gasteiger partial charge >= 0.3 is 0 Å². The van der Waals surface area contributed by atoms with Crippen LogP contribution in [0.15, 0.2) is 28.9 Å². The van der Waals surface area contributed by atoms with Gasteiger partial charge < -0.3 is 14.0 Å². The SMILES string of the molecule is Cc1noc(C)c1CN1CC2(C[C@H](CCOCc3ccccn3)CCO2)C1. The first-order chi connectivity index (χ1) is 13.1. The molecule has 0 radical (unpaired) electrons. The van der Waals surface area contributed by atoms with E-state index in [4.69, 9.17) is 14.0 Å². The maximum Gasteiger partial charge on any atom is 0.138 e. The molecule has 2 aliphatic rings. The summed E-state index contributed by atoms with van der Waals surface area (Å²) in [5.74, 6) is 1.62. The highest BCUT2D eigenvalue weighted by Gasteiger charge is 2.47. The van der Waals surface area contributed by atoms with E-state index in [-0.39, 0.29) is 5.60 Å². The molecule has 2 aromatic rings. The van der Waals surface area contributed by atoms with E-state index in [1.54, 1.807) is 0 Å². The summed E-state index contributed by atoms with van der Waals surface area (Å²) >= 11 is 0. The van der Waals surface area contributed by atoms with Gasteiger partial charge in [-0.25, -0.2) is 0 Å². The summed E-state index contributed by atoms with van der Waals surface area (Å²) in [7, 11) is 0. The number of hydrogen-bond donors (Lipinski definition) is 0. The van der Waals surface area contributed by atoms with Crippen LogP contribution in [0.1, 0.15) is 42.0 Å². The Morgan fingerprint density at radius 1 is 1.30 bits per heavy atom. The smallest absolute Gasteiger partial charge is 0.138 e. The third-order valence-electron chi connectivity index (χ3n) is 5.83. The van der Waals surface area contributed by atoms with Crippen LogP contribution in [0.5, 0.6) is 0 Å². The molecule has 0 unspecified atom stereocenters. The number of rotatable bonds is 7. The summed E-state index contributed by atoms with van der Waals surface area (Å²) in [6.07, 6.45) is 5.18. The van der Waals surface area contributed by atoms with E-state index in [2.05, 4.69) is 15.0 Å². The third-order valence-corrected chi connectivity index (χ3v) is 5.83. The van der Waals surface area contributed by atoms with E-state index in [1.165, 1.54) is 5.56 Å². The normalized spacial score (nSPS) is 22.1. The number of likely N-dealkylation sites (tertiary alicyclic amines) is 1. The van der Waals surface area contributed by atoms with Gasteiger partial charge in [0.05, 0.1) is 23.6 Å². The topological polar surface area (TPSA) is 60.6 Å². The highest BCUT2D eigenvalue weighted by atomic mass is 16.5. The van der Waals surface area contributed by atoms with Crippen molar-refractivity contribution < 1.29 is 14.0 Å². The minimum absolute atomic E-state index is 0.0445. The lowest BCUT2D eigenvalue weighted by Gasteiger charge is -2.53. The lowest BCUT2D eigenvalue weighted by atomic mass is 9.79. The summed E-state index contributed by atoms with van der Waals surface area (Å²) < 4.78 is 17.3. The van der Waals surface area contributed by atoms with Gasteiger partial charge in [-0.2, -0.15) is 0 Å². The van der Waals surface area contributed by atoms with Gasteiger partial charge in [0.1, 0.15) is 5.76 Å². The summed E-state index contributed by atoms with van der Waals surface area (Å²) in [4.78, 5) is 6.73. The first-order valence-corrected chi connectivity index (χ1v) is 9.89. The van der Waals surface area contributed by atoms with Crippen LogP contribution in [-0.2, 0) is 22.6 Å². The Kier molecular flexibility index (Phi) is 5.57. The maximum absolute atomic E-state index is 6.19. The number of nitrogens with zero attached hydrogens (tertiary/aromatic N) is 3. The molecule has 0 aromatic carbocycles. The molecule has 2 fully saturated rings. The quantitative estimate of drug-likeness (QED) is 0.696. The average molecular weight is 371 g/mol. The number of hydrogen-bond acceptors (Lipinski definition) is 6. The van der Waals surface area contributed by atoms with E-state index < -0.39 is 0 Å². The van der Waals surface area contributed by atoms with Gasteiger partial charge in [-0.05, 0) is 51.2 Å². The molecule has 6 nitrogen and oxygen atoms in total. The minimum atomic E-state index is 0.0445. The Hall–Kier alpha value is -1.76. The summed E-state index contributed by atoms with van der Waals surface area (Å²) in [5.41, 5.74) is 3.26. The predicted molar refractivity (Wildman–Crippen MR) is 101 cm³/mol. The first-order valence-electron chi connectivity index (χ1n) is 9.89. The lowest BCUT2D eigenvalue weighted by Crippen LogP contribution is -2.64. The van der Waals surface area contributed by atoms with Crippen molar-refractivity contribution in [1.82, 2.24) is 15.0 Å². The molecule has 2 aromatic heterocycles. The number of aromatic nitrogens is 2. The Labute approximate surface area is 160 Å². The molecule has 4 rings (SSSR count). The maximum atomic E-state index is 6.19. The summed E-state index contributed by atoms with van der Waals surface area (Å²) in [6.45, 7) is 9.17. The fourth-order valence-corrected chi connectivity index (χ4v) is 4.34. The molecule has 4 heterocycles. The van der Waals surface area contributed by atoms with Crippen LogP contribution in [0.3, 0.4) is 0 Å². The Balaban J connectivity index is 1.20. The standard InChI is InChI=1S/C21H29N3O3/c1-16-20(17(2)27-23-16)12-24-14-21(15-24)11-18(7-10-26-21)6-9-25-13-19-5-3-4-8-22-19/h3-5,8,18H,6-7,9-15H2,1-2H3/t18-/m1/s1. The predicted octanol–water partition coefficient (Wildman–Crippen LogP) is 3.27. The largest absolute Gasteiger partial charge is 0.375 e. The molecular formula is C21H29N3O3. The molecule has 0 N–H and O–H groups in total. The van der Waals surface area contributed by atoms with Crippen molar-refractivity contribution in [2.45, 2.75) is 51.9 Å². The molecule has 0 bridgehead atoms. The monoisotopic (exact) mass is 371 g/mol. The molecule has 146 valence electrons. The van der Waals surface area contributed by atoms with Crippen molar-refractivity contribution in [3.63, 3.8) is 0 Å². The van der Waals surface area contributed by atoms with Crippen LogP contribution in [0.4, 0.5) is 0 Å². The summed E-state index contributed by atoms with van der Waals surface area (Å²) in [6, 6.07) is 5.93. The van der Waals surface area contributed by atoms with Crippen LogP contribution in [-0.4, -0.2) is 46.9 Å². The Morgan fingerprint density at radius 3 is 2.93 bits per heavy atom. The van der Waals surface area contributed by atoms with Gasteiger partial charge in [-0.1, -0.05) is 11.2 Å². The second kappa shape index (κ2) is 8.09. The molecule has 1 spiro atoms. The average Bonchev–Trinajstić information content (AvgIpc) is 2.97. The van der Waals surface area contributed by atoms with Gasteiger partial charge in [-0.15, -0.1) is 0 Å². The molecule has 6 heteroatoms. The van der Waals surface area contributed by atoms with Crippen molar-refractivity contribution in [3.05, 3.63) is 47.1 Å². The van der Waals surface area contributed by atoms with Crippen molar-refractivity contribution in [1.29, 1.82) is 0 Å². The zero-order valence-corrected chi connectivity index (χ0v) is 16.3. The Morgan fingerprint density at radius 2 is 2.19 bits per heavy atom. The highest BCUT2D eigenvalue weighted by molar-refractivity contribution is 5.21. The molecular weight excluding hydrogens is 342 g/mol. The van der Waals surface area contributed by atoms with Gasteiger partial charge in [-0.3, -0.25) is 9.88 Å². The zero-order valence-electron chi connectivity index (χ0n) is 16.3. The second-order valence-electron chi connectivity index (χ2n) is 8.00. The van der Waals surface area contributed by atoms with E-state index in [0.29, 0.717) is 12.5 Å². The van der Waals surface area contributed by atoms with Crippen molar-refractivity contribution in [3.8, 4) is 0 Å². The Bertz CT molecular complexity index is 721. The van der Waals surface area contributed by atoms with Gasteiger partial charge in [0.2, 0.25) is 0 Å². The summed E-state index contributed by atoms with van der Waals surface area (Å²) in [5, 5.41) is 4.06. The third kappa shape index (κ3) is 4.39. The van der Waals surface area contributed by atoms with Crippen LogP contribution in [0.25, 0.3) is 0 Å². The molecule has 0 aliphatic carbocycles. The van der Waals surface area contributed by atoms with Gasteiger partial charge in [0.15, 0.2) is 0 Å². The van der Waals surface area contributed by atoms with E-state index in [0.717, 1.165) is 69.3 Å². The van der Waals surface area contributed by atoms with Crippen molar-refractivity contribution >= 4 is 0 Å². The number of ether oxygens (including phenoxy) is 2. The highest BCUT2D eigenvalue weighted by Crippen LogP contribution is 2.39. The number of aryl methyl sites for hydroxylation is 2. The molecule has 1 atom stereocenters. The molecule has 2 saturated heterocycles. The molecule has 0 amide bonds. The van der Waals surface area contributed by atoms with Crippen molar-refractivity contribution in [2.75, 3.05) is 26.3 Å². The van der Waals surface area contributed by atoms with Crippen LogP contribution < -0.4 is 0 Å². The van der Waals surface area contributed by atoms with Gasteiger partial charge in [0.25, 0.3) is 0 Å². The van der Waals surface area contributed by atoms with E-state index >= 15 is 0 Å². The molecule has 2 aliphatic heterocycles. The fraction of sp³-hybridized carbons (Fsp3) is 0.619.